The van der Waals surface area contributed by atoms with Crippen LogP contribution in [-0.2, 0) is 12.8 Å². The monoisotopic (exact) mass is 201 g/mol. The summed E-state index contributed by atoms with van der Waals surface area (Å²) in [7, 11) is 1.62. The van der Waals surface area contributed by atoms with Crippen LogP contribution < -0.4 is 4.74 Å². The first-order chi connectivity index (χ1) is 7.40. The van der Waals surface area contributed by atoms with Crippen LogP contribution in [0.4, 0.5) is 0 Å². The molecule has 4 heteroatoms. The highest BCUT2D eigenvalue weighted by Crippen LogP contribution is 2.27. The molecule has 15 heavy (non-hydrogen) atoms. The molecule has 1 aliphatic heterocycles. The Labute approximate surface area is 87.5 Å². The highest BCUT2D eigenvalue weighted by atomic mass is 16.5. The first kappa shape index (κ1) is 8.47. The standard InChI is InChI=1S/C11H11N3O/c1-15-11-13-12-10-7-6-8-4-2-3-5-9(8)14(10)11/h2-5H,6-7H2,1H3. The van der Waals surface area contributed by atoms with Crippen molar-refractivity contribution in [2.45, 2.75) is 12.8 Å². The largest absolute Gasteiger partial charge is 0.467 e. The van der Waals surface area contributed by atoms with Gasteiger partial charge in [0.15, 0.2) is 0 Å². The number of nitrogens with zero attached hydrogens (tertiary/aromatic N) is 3. The Morgan fingerprint density at radius 3 is 2.93 bits per heavy atom. The molecule has 0 bridgehead atoms. The van der Waals surface area contributed by atoms with E-state index < -0.39 is 0 Å². The second-order valence-electron chi connectivity index (χ2n) is 3.57. The molecule has 2 heterocycles. The van der Waals surface area contributed by atoms with Crippen molar-refractivity contribution < 1.29 is 4.74 Å². The summed E-state index contributed by atoms with van der Waals surface area (Å²) in [6, 6.07) is 8.85. The lowest BCUT2D eigenvalue weighted by Crippen LogP contribution is -2.12. The molecule has 0 aliphatic carbocycles. The van der Waals surface area contributed by atoms with Crippen LogP contribution >= 0.6 is 0 Å². The van der Waals surface area contributed by atoms with Gasteiger partial charge in [-0.3, -0.25) is 0 Å². The predicted octanol–water partition coefficient (Wildman–Crippen LogP) is 1.37. The number of methoxy groups -OCH3 is 1. The Kier molecular flexibility index (Phi) is 1.74. The van der Waals surface area contributed by atoms with Crippen LogP contribution in [0.15, 0.2) is 24.3 Å². The average Bonchev–Trinajstić information content (AvgIpc) is 2.72. The van der Waals surface area contributed by atoms with Gasteiger partial charge in [-0.1, -0.05) is 23.3 Å². The Morgan fingerprint density at radius 2 is 2.07 bits per heavy atom. The van der Waals surface area contributed by atoms with Crippen molar-refractivity contribution in [3.05, 3.63) is 35.7 Å². The van der Waals surface area contributed by atoms with Gasteiger partial charge in [-0.15, -0.1) is 5.10 Å². The SMILES string of the molecule is COc1nnc2n1-c1ccccc1CC2. The number of para-hydroxylation sites is 1. The molecule has 2 aromatic rings. The average molecular weight is 201 g/mol. The zero-order chi connectivity index (χ0) is 10.3. The number of hydrogen-bond donors (Lipinski definition) is 0. The summed E-state index contributed by atoms with van der Waals surface area (Å²) < 4.78 is 7.18. The lowest BCUT2D eigenvalue weighted by Gasteiger charge is -2.17. The van der Waals surface area contributed by atoms with Gasteiger partial charge in [0.05, 0.1) is 12.8 Å². The molecular weight excluding hydrogens is 190 g/mol. The number of benzene rings is 1. The quantitative estimate of drug-likeness (QED) is 0.699. The Morgan fingerprint density at radius 1 is 1.20 bits per heavy atom. The highest BCUT2D eigenvalue weighted by Gasteiger charge is 2.20. The van der Waals surface area contributed by atoms with Crippen LogP contribution in [0.1, 0.15) is 11.4 Å². The predicted molar refractivity (Wildman–Crippen MR) is 55.3 cm³/mol. The maximum absolute atomic E-state index is 5.20. The lowest BCUT2D eigenvalue weighted by molar-refractivity contribution is 0.370. The van der Waals surface area contributed by atoms with Gasteiger partial charge in [0.1, 0.15) is 5.82 Å². The molecule has 1 aliphatic rings. The minimum atomic E-state index is 0.567. The summed E-state index contributed by atoms with van der Waals surface area (Å²) in [6.07, 6.45) is 1.95. The second-order valence-corrected chi connectivity index (χ2v) is 3.57. The summed E-state index contributed by atoms with van der Waals surface area (Å²) >= 11 is 0. The number of fused-ring (bicyclic) bond motifs is 3. The molecule has 0 amide bonds. The van der Waals surface area contributed by atoms with Gasteiger partial charge in [0.25, 0.3) is 0 Å². The van der Waals surface area contributed by atoms with E-state index in [4.69, 9.17) is 4.74 Å². The molecule has 0 radical (unpaired) electrons. The smallest absolute Gasteiger partial charge is 0.321 e. The molecule has 1 aromatic carbocycles. The van der Waals surface area contributed by atoms with Gasteiger partial charge in [-0.2, -0.15) is 0 Å². The number of aryl methyl sites for hydroxylation is 2. The number of aromatic nitrogens is 3. The Bertz CT molecular complexity index is 491. The number of rotatable bonds is 1. The van der Waals surface area contributed by atoms with Crippen LogP contribution in [-0.4, -0.2) is 21.9 Å². The highest BCUT2D eigenvalue weighted by molar-refractivity contribution is 5.46. The lowest BCUT2D eigenvalue weighted by atomic mass is 10.0. The van der Waals surface area contributed by atoms with E-state index in [0.717, 1.165) is 24.4 Å². The number of ether oxygens (including phenoxy) is 1. The topological polar surface area (TPSA) is 39.9 Å². The van der Waals surface area contributed by atoms with Gasteiger partial charge in [0.2, 0.25) is 0 Å². The fourth-order valence-electron chi connectivity index (χ4n) is 2.02. The first-order valence-electron chi connectivity index (χ1n) is 4.96. The third kappa shape index (κ3) is 1.14. The van der Waals surface area contributed by atoms with Gasteiger partial charge in [0, 0.05) is 6.42 Å². The third-order valence-corrected chi connectivity index (χ3v) is 2.73. The minimum Gasteiger partial charge on any atom is -0.467 e. The molecule has 0 saturated heterocycles. The molecule has 1 aromatic heterocycles. The molecule has 0 fully saturated rings. The third-order valence-electron chi connectivity index (χ3n) is 2.73. The molecule has 0 atom stereocenters. The molecule has 4 nitrogen and oxygen atoms in total. The summed E-state index contributed by atoms with van der Waals surface area (Å²) in [5.41, 5.74) is 2.46. The molecular formula is C11H11N3O. The van der Waals surface area contributed by atoms with Crippen molar-refractivity contribution in [1.82, 2.24) is 14.8 Å². The van der Waals surface area contributed by atoms with Gasteiger partial charge >= 0.3 is 6.01 Å². The molecule has 0 saturated carbocycles. The van der Waals surface area contributed by atoms with Crippen molar-refractivity contribution in [2.24, 2.45) is 0 Å². The van der Waals surface area contributed by atoms with Gasteiger partial charge in [-0.05, 0) is 18.1 Å². The van der Waals surface area contributed by atoms with Crippen molar-refractivity contribution in [1.29, 1.82) is 0 Å². The van der Waals surface area contributed by atoms with E-state index in [9.17, 15) is 0 Å². The zero-order valence-electron chi connectivity index (χ0n) is 8.47. The normalized spacial score (nSPS) is 13.1. The van der Waals surface area contributed by atoms with E-state index in [2.05, 4.69) is 28.4 Å². The molecule has 3 rings (SSSR count). The van der Waals surface area contributed by atoms with E-state index in [1.807, 2.05) is 10.6 Å². The molecule has 76 valence electrons. The van der Waals surface area contributed by atoms with Crippen LogP contribution in [0.3, 0.4) is 0 Å². The molecule has 0 spiro atoms. The van der Waals surface area contributed by atoms with Crippen molar-refractivity contribution in [3.63, 3.8) is 0 Å². The summed E-state index contributed by atoms with van der Waals surface area (Å²) in [4.78, 5) is 0. The van der Waals surface area contributed by atoms with Crippen LogP contribution in [0, 0.1) is 0 Å². The fraction of sp³-hybridized carbons (Fsp3) is 0.273. The fourth-order valence-corrected chi connectivity index (χ4v) is 2.02. The van der Waals surface area contributed by atoms with E-state index in [1.165, 1.54) is 5.56 Å². The Hall–Kier alpha value is -1.84. The van der Waals surface area contributed by atoms with Crippen molar-refractivity contribution in [2.75, 3.05) is 7.11 Å². The van der Waals surface area contributed by atoms with Crippen LogP contribution in [0.2, 0.25) is 0 Å². The Balaban J connectivity index is 2.27. The van der Waals surface area contributed by atoms with Crippen LogP contribution in [0.5, 0.6) is 6.01 Å². The number of hydrogen-bond acceptors (Lipinski definition) is 3. The molecule has 0 N–H and O–H groups in total. The summed E-state index contributed by atoms with van der Waals surface area (Å²) in [5.74, 6) is 0.977. The molecule has 0 unspecified atom stereocenters. The maximum Gasteiger partial charge on any atom is 0.321 e. The van der Waals surface area contributed by atoms with Crippen molar-refractivity contribution in [3.8, 4) is 11.7 Å². The summed E-state index contributed by atoms with van der Waals surface area (Å²) in [6.45, 7) is 0. The van der Waals surface area contributed by atoms with E-state index in [0.29, 0.717) is 6.01 Å². The van der Waals surface area contributed by atoms with E-state index in [1.54, 1.807) is 7.11 Å². The van der Waals surface area contributed by atoms with Crippen LogP contribution in [0.25, 0.3) is 5.69 Å². The zero-order valence-corrected chi connectivity index (χ0v) is 8.47. The van der Waals surface area contributed by atoms with Crippen molar-refractivity contribution >= 4 is 0 Å². The second kappa shape index (κ2) is 3.08. The van der Waals surface area contributed by atoms with E-state index >= 15 is 0 Å². The maximum atomic E-state index is 5.20. The van der Waals surface area contributed by atoms with Gasteiger partial charge < -0.3 is 4.74 Å². The minimum absolute atomic E-state index is 0.567. The van der Waals surface area contributed by atoms with Gasteiger partial charge in [-0.25, -0.2) is 4.57 Å². The van der Waals surface area contributed by atoms with E-state index in [-0.39, 0.29) is 0 Å². The summed E-state index contributed by atoms with van der Waals surface area (Å²) in [5, 5.41) is 8.12. The first-order valence-corrected chi connectivity index (χ1v) is 4.96.